The molecule has 1 aromatic heterocycles. The number of benzene rings is 2. The largest absolute Gasteiger partial charge is 0.491 e. The molecule has 0 spiro atoms. The monoisotopic (exact) mass is 526 g/mol. The Balaban J connectivity index is 1.38. The van der Waals surface area contributed by atoms with Gasteiger partial charge >= 0.3 is 11.9 Å². The minimum absolute atomic E-state index is 0.104. The zero-order valence-corrected chi connectivity index (χ0v) is 20.7. The average Bonchev–Trinajstić information content (AvgIpc) is 2.90. The molecule has 2 N–H and O–H groups in total. The summed E-state index contributed by atoms with van der Waals surface area (Å²) in [7, 11) is 0. The summed E-state index contributed by atoms with van der Waals surface area (Å²) in [6.45, 7) is 3.24. The maximum atomic E-state index is 12.6. The van der Waals surface area contributed by atoms with Crippen LogP contribution in [0.3, 0.4) is 0 Å². The molecular weight excluding hydrogens is 500 g/mol. The maximum Gasteiger partial charge on any atom is 0.374 e. The molecule has 4 rings (SSSR count). The van der Waals surface area contributed by atoms with Gasteiger partial charge < -0.3 is 38.3 Å². The summed E-state index contributed by atoms with van der Waals surface area (Å²) in [5.41, 5.74) is 0.0235. The summed E-state index contributed by atoms with van der Waals surface area (Å²) in [6, 6.07) is 10.3. The van der Waals surface area contributed by atoms with E-state index in [4.69, 9.17) is 28.1 Å². The summed E-state index contributed by atoms with van der Waals surface area (Å²) >= 11 is 0. The fourth-order valence-corrected chi connectivity index (χ4v) is 3.67. The van der Waals surface area contributed by atoms with E-state index >= 15 is 0 Å². The number of carbonyl (C=O) groups excluding carboxylic acids is 2. The first-order valence-electron chi connectivity index (χ1n) is 11.9. The molecule has 0 saturated carbocycles. The maximum absolute atomic E-state index is 12.6. The van der Waals surface area contributed by atoms with Crippen molar-refractivity contribution in [2.24, 2.45) is 0 Å². The predicted octanol–water partition coefficient (Wildman–Crippen LogP) is 2.66. The smallest absolute Gasteiger partial charge is 0.374 e. The zero-order valence-electron chi connectivity index (χ0n) is 20.7. The summed E-state index contributed by atoms with van der Waals surface area (Å²) in [5.74, 6) is -0.957. The molecule has 38 heavy (non-hydrogen) atoms. The summed E-state index contributed by atoms with van der Waals surface area (Å²) < 4.78 is 32.0. The van der Waals surface area contributed by atoms with Crippen molar-refractivity contribution >= 4 is 22.9 Å². The van der Waals surface area contributed by atoms with Gasteiger partial charge in [-0.3, -0.25) is 4.79 Å². The van der Waals surface area contributed by atoms with E-state index in [0.717, 1.165) is 6.07 Å². The van der Waals surface area contributed by atoms with Gasteiger partial charge in [-0.25, -0.2) is 9.59 Å². The van der Waals surface area contributed by atoms with Crippen LogP contribution in [-0.2, 0) is 14.3 Å². The van der Waals surface area contributed by atoms with E-state index in [-0.39, 0.29) is 60.4 Å². The van der Waals surface area contributed by atoms with Gasteiger partial charge in [0.05, 0.1) is 13.2 Å². The second-order valence-corrected chi connectivity index (χ2v) is 8.10. The number of aliphatic hydroxyl groups is 2. The zero-order chi connectivity index (χ0) is 27.2. The number of aliphatic hydroxyl groups excluding tert-OH is 2. The molecule has 2 unspecified atom stereocenters. The van der Waals surface area contributed by atoms with Crippen LogP contribution in [0.25, 0.3) is 11.0 Å². The van der Waals surface area contributed by atoms with Crippen molar-refractivity contribution in [3.8, 4) is 17.2 Å². The highest BCUT2D eigenvalue weighted by Crippen LogP contribution is 2.36. The van der Waals surface area contributed by atoms with Crippen molar-refractivity contribution in [3.63, 3.8) is 0 Å². The van der Waals surface area contributed by atoms with Crippen molar-refractivity contribution in [1.29, 1.82) is 0 Å². The molecule has 2 atom stereocenters. The summed E-state index contributed by atoms with van der Waals surface area (Å²) in [4.78, 5) is 36.4. The molecular formula is C27H26O11. The molecule has 0 saturated heterocycles. The standard InChI is InChI=1S/C27H26O11/c1-3-33-26(31)23-11-18(29)17-10-16(8-9-20(17)37-23)35-13-15(28)14-36-21-6-5-7-22-25(21)19(30)12-24(38-22)27(32)34-4-2/h5-12,15,18,28-29H,3-4,13-14H2,1-2H3. The Labute approximate surface area is 216 Å². The van der Waals surface area contributed by atoms with Crippen molar-refractivity contribution in [3.05, 3.63) is 75.8 Å². The lowest BCUT2D eigenvalue weighted by Crippen LogP contribution is -2.25. The number of carbonyl (C=O) groups is 2. The van der Waals surface area contributed by atoms with Crippen molar-refractivity contribution in [2.75, 3.05) is 26.4 Å². The van der Waals surface area contributed by atoms with E-state index in [1.807, 2.05) is 0 Å². The highest BCUT2D eigenvalue weighted by molar-refractivity contribution is 5.90. The topological polar surface area (TPSA) is 151 Å². The van der Waals surface area contributed by atoms with Gasteiger partial charge in [-0.15, -0.1) is 0 Å². The molecule has 0 aliphatic carbocycles. The highest BCUT2D eigenvalue weighted by atomic mass is 16.6. The Morgan fingerprint density at radius 2 is 1.74 bits per heavy atom. The normalized spacial score (nSPS) is 15.1. The minimum atomic E-state index is -1.11. The van der Waals surface area contributed by atoms with E-state index in [1.54, 1.807) is 32.0 Å². The SMILES string of the molecule is CCOC(=O)C1=CC(O)c2cc(OCC(O)COc3cccc4oc(C(=O)OCC)cc(=O)c34)ccc2O1. The average molecular weight is 526 g/mol. The number of hydrogen-bond donors (Lipinski definition) is 2. The Hall–Kier alpha value is -4.35. The minimum Gasteiger partial charge on any atom is -0.491 e. The number of esters is 2. The van der Waals surface area contributed by atoms with Gasteiger partial charge in [0.1, 0.15) is 53.6 Å². The van der Waals surface area contributed by atoms with Gasteiger partial charge in [0.2, 0.25) is 11.5 Å². The fourth-order valence-electron chi connectivity index (χ4n) is 3.67. The van der Waals surface area contributed by atoms with Crippen molar-refractivity contribution in [2.45, 2.75) is 26.1 Å². The third-order valence-corrected chi connectivity index (χ3v) is 5.37. The van der Waals surface area contributed by atoms with Crippen LogP contribution >= 0.6 is 0 Å². The lowest BCUT2D eigenvalue weighted by molar-refractivity contribution is -0.141. The van der Waals surface area contributed by atoms with Crippen LogP contribution in [0, 0.1) is 0 Å². The molecule has 11 nitrogen and oxygen atoms in total. The Kier molecular flexibility index (Phi) is 8.29. The lowest BCUT2D eigenvalue weighted by atomic mass is 10.0. The third-order valence-electron chi connectivity index (χ3n) is 5.37. The second kappa shape index (κ2) is 11.8. The van der Waals surface area contributed by atoms with Crippen LogP contribution in [0.5, 0.6) is 17.2 Å². The first-order chi connectivity index (χ1) is 18.3. The van der Waals surface area contributed by atoms with Crippen LogP contribution in [-0.4, -0.2) is 54.7 Å². The fraction of sp³-hybridized carbons (Fsp3) is 0.296. The van der Waals surface area contributed by atoms with Gasteiger partial charge in [-0.1, -0.05) is 6.07 Å². The number of ether oxygens (including phenoxy) is 5. The van der Waals surface area contributed by atoms with Gasteiger partial charge in [0.15, 0.2) is 5.43 Å². The first-order valence-corrected chi connectivity index (χ1v) is 11.9. The molecule has 3 aromatic rings. The van der Waals surface area contributed by atoms with Crippen LogP contribution in [0.15, 0.2) is 63.5 Å². The van der Waals surface area contributed by atoms with E-state index < -0.39 is 29.6 Å². The Morgan fingerprint density at radius 3 is 2.50 bits per heavy atom. The van der Waals surface area contributed by atoms with E-state index in [9.17, 15) is 24.6 Å². The van der Waals surface area contributed by atoms with Crippen LogP contribution in [0.2, 0.25) is 0 Å². The Bertz CT molecular complexity index is 1420. The van der Waals surface area contributed by atoms with Gasteiger partial charge in [0, 0.05) is 11.6 Å². The predicted molar refractivity (Wildman–Crippen MR) is 132 cm³/mol. The quantitative estimate of drug-likeness (QED) is 0.375. The highest BCUT2D eigenvalue weighted by Gasteiger charge is 2.26. The number of rotatable bonds is 10. The molecule has 0 fully saturated rings. The molecule has 2 heterocycles. The van der Waals surface area contributed by atoms with E-state index in [1.165, 1.54) is 24.3 Å². The van der Waals surface area contributed by atoms with Crippen molar-refractivity contribution < 1.29 is 47.9 Å². The molecule has 1 aliphatic heterocycles. The third kappa shape index (κ3) is 5.96. The van der Waals surface area contributed by atoms with E-state index in [0.29, 0.717) is 11.3 Å². The Morgan fingerprint density at radius 1 is 1.00 bits per heavy atom. The molecule has 1 aliphatic rings. The summed E-state index contributed by atoms with van der Waals surface area (Å²) in [5, 5.41) is 20.9. The van der Waals surface area contributed by atoms with Gasteiger partial charge in [-0.05, 0) is 50.3 Å². The molecule has 200 valence electrons. The molecule has 0 radical (unpaired) electrons. The van der Waals surface area contributed by atoms with Crippen LogP contribution < -0.4 is 19.6 Å². The van der Waals surface area contributed by atoms with Gasteiger partial charge in [0.25, 0.3) is 0 Å². The first kappa shape index (κ1) is 26.7. The van der Waals surface area contributed by atoms with Crippen LogP contribution in [0.1, 0.15) is 36.1 Å². The molecule has 2 aromatic carbocycles. The van der Waals surface area contributed by atoms with Gasteiger partial charge in [-0.2, -0.15) is 0 Å². The second-order valence-electron chi connectivity index (χ2n) is 8.10. The van der Waals surface area contributed by atoms with E-state index in [2.05, 4.69) is 0 Å². The van der Waals surface area contributed by atoms with Crippen LogP contribution in [0.4, 0.5) is 0 Å². The molecule has 11 heteroatoms. The molecule has 0 amide bonds. The summed E-state index contributed by atoms with van der Waals surface area (Å²) in [6.07, 6.45) is -0.954. The van der Waals surface area contributed by atoms with Crippen molar-refractivity contribution in [1.82, 2.24) is 0 Å². The number of hydrogen-bond acceptors (Lipinski definition) is 11. The molecule has 0 bridgehead atoms. The number of fused-ring (bicyclic) bond motifs is 2. The lowest BCUT2D eigenvalue weighted by Gasteiger charge is -2.22.